The number of nitrogens with two attached hydrogens (primary N) is 1. The van der Waals surface area contributed by atoms with Crippen molar-refractivity contribution in [2.45, 2.75) is 37.3 Å². The molecular formula is C12H18N2O3S. The molecule has 1 fully saturated rings. The summed E-state index contributed by atoms with van der Waals surface area (Å²) in [6, 6.07) is 6.53. The molecule has 0 radical (unpaired) electrons. The van der Waals surface area contributed by atoms with Gasteiger partial charge in [-0.15, -0.1) is 0 Å². The van der Waals surface area contributed by atoms with E-state index in [1.807, 2.05) is 13.8 Å². The van der Waals surface area contributed by atoms with E-state index in [1.54, 1.807) is 12.1 Å². The lowest BCUT2D eigenvalue weighted by Crippen LogP contribution is -2.56. The minimum Gasteiger partial charge on any atom is -0.392 e. The van der Waals surface area contributed by atoms with Crippen LogP contribution in [-0.4, -0.2) is 25.7 Å². The third-order valence-corrected chi connectivity index (χ3v) is 4.63. The second-order valence-corrected chi connectivity index (χ2v) is 6.90. The zero-order chi connectivity index (χ0) is 13.6. The topological polar surface area (TPSA) is 92.4 Å². The summed E-state index contributed by atoms with van der Waals surface area (Å²) in [5.74, 6) is 0. The van der Waals surface area contributed by atoms with E-state index in [-0.39, 0.29) is 22.5 Å². The molecule has 0 bridgehead atoms. The average molecular weight is 270 g/mol. The fourth-order valence-corrected chi connectivity index (χ4v) is 2.67. The van der Waals surface area contributed by atoms with Gasteiger partial charge in [0.15, 0.2) is 0 Å². The molecule has 1 saturated carbocycles. The molecule has 2 rings (SSSR count). The number of aliphatic hydroxyl groups excluding tert-OH is 1. The van der Waals surface area contributed by atoms with E-state index in [0.717, 1.165) is 0 Å². The Morgan fingerprint density at radius 3 is 2.61 bits per heavy atom. The summed E-state index contributed by atoms with van der Waals surface area (Å²) in [4.78, 5) is 0.0881. The molecule has 6 heteroatoms. The minimum absolute atomic E-state index is 0.0881. The number of hydrogen-bond donors (Lipinski definition) is 3. The number of primary sulfonamides is 1. The Hall–Kier alpha value is -1.11. The SMILES string of the molecule is CC1(C)C(O)CC1Nc1cccc(S(N)(=O)=O)c1. The van der Waals surface area contributed by atoms with E-state index in [2.05, 4.69) is 5.32 Å². The van der Waals surface area contributed by atoms with Crippen molar-refractivity contribution >= 4 is 15.7 Å². The number of aliphatic hydroxyl groups is 1. The van der Waals surface area contributed by atoms with Gasteiger partial charge in [0, 0.05) is 17.1 Å². The van der Waals surface area contributed by atoms with Crippen molar-refractivity contribution in [2.24, 2.45) is 10.6 Å². The predicted octanol–water partition coefficient (Wildman–Crippen LogP) is 0.905. The molecule has 2 atom stereocenters. The van der Waals surface area contributed by atoms with Crippen LogP contribution >= 0.6 is 0 Å². The Kier molecular flexibility index (Phi) is 3.12. The molecule has 1 aromatic rings. The maximum Gasteiger partial charge on any atom is 0.238 e. The van der Waals surface area contributed by atoms with Crippen molar-refractivity contribution < 1.29 is 13.5 Å². The second-order valence-electron chi connectivity index (χ2n) is 5.34. The highest BCUT2D eigenvalue weighted by molar-refractivity contribution is 7.89. The number of hydrogen-bond acceptors (Lipinski definition) is 4. The van der Waals surface area contributed by atoms with Gasteiger partial charge in [0.05, 0.1) is 11.0 Å². The summed E-state index contributed by atoms with van der Waals surface area (Å²) < 4.78 is 22.5. The van der Waals surface area contributed by atoms with Gasteiger partial charge in [0.25, 0.3) is 0 Å². The molecule has 0 aromatic heterocycles. The Balaban J connectivity index is 2.17. The van der Waals surface area contributed by atoms with Crippen molar-refractivity contribution in [3.05, 3.63) is 24.3 Å². The summed E-state index contributed by atoms with van der Waals surface area (Å²) in [6.45, 7) is 3.95. The molecular weight excluding hydrogens is 252 g/mol. The van der Waals surface area contributed by atoms with Crippen molar-refractivity contribution in [1.82, 2.24) is 0 Å². The van der Waals surface area contributed by atoms with E-state index in [0.29, 0.717) is 12.1 Å². The first-order valence-electron chi connectivity index (χ1n) is 5.79. The summed E-state index contributed by atoms with van der Waals surface area (Å²) in [6.07, 6.45) is 0.337. The Bertz CT molecular complexity index is 554. The molecule has 18 heavy (non-hydrogen) atoms. The number of nitrogens with one attached hydrogen (secondary N) is 1. The van der Waals surface area contributed by atoms with E-state index in [9.17, 15) is 13.5 Å². The van der Waals surface area contributed by atoms with Crippen LogP contribution in [0.15, 0.2) is 29.2 Å². The van der Waals surface area contributed by atoms with Gasteiger partial charge in [-0.3, -0.25) is 0 Å². The third-order valence-electron chi connectivity index (χ3n) is 3.72. The van der Waals surface area contributed by atoms with Crippen LogP contribution < -0.4 is 10.5 Å². The highest BCUT2D eigenvalue weighted by Crippen LogP contribution is 2.42. The van der Waals surface area contributed by atoms with Crippen LogP contribution in [0.1, 0.15) is 20.3 Å². The molecule has 1 aliphatic rings. The lowest BCUT2D eigenvalue weighted by molar-refractivity contribution is -0.0510. The van der Waals surface area contributed by atoms with Crippen molar-refractivity contribution in [3.63, 3.8) is 0 Å². The average Bonchev–Trinajstić information content (AvgIpc) is 2.28. The van der Waals surface area contributed by atoms with Gasteiger partial charge in [0.2, 0.25) is 10.0 Å². The molecule has 5 nitrogen and oxygen atoms in total. The fraction of sp³-hybridized carbons (Fsp3) is 0.500. The molecule has 0 amide bonds. The molecule has 0 spiro atoms. The molecule has 1 aliphatic carbocycles. The molecule has 0 aliphatic heterocycles. The lowest BCUT2D eigenvalue weighted by atomic mass is 9.64. The predicted molar refractivity (Wildman–Crippen MR) is 69.6 cm³/mol. The molecule has 2 unspecified atom stereocenters. The molecule has 0 heterocycles. The summed E-state index contributed by atoms with van der Waals surface area (Å²) in [5.41, 5.74) is 0.490. The van der Waals surface area contributed by atoms with Gasteiger partial charge >= 0.3 is 0 Å². The first-order chi connectivity index (χ1) is 8.21. The standard InChI is InChI=1S/C12H18N2O3S/c1-12(2)10(7-11(12)15)14-8-4-3-5-9(6-8)18(13,16)17/h3-6,10-11,14-15H,7H2,1-2H3,(H2,13,16,17). The largest absolute Gasteiger partial charge is 0.392 e. The van der Waals surface area contributed by atoms with Crippen LogP contribution in [0.2, 0.25) is 0 Å². The number of rotatable bonds is 3. The number of benzene rings is 1. The van der Waals surface area contributed by atoms with E-state index < -0.39 is 10.0 Å². The summed E-state index contributed by atoms with van der Waals surface area (Å²) in [5, 5.41) is 18.0. The maximum absolute atomic E-state index is 11.2. The quantitative estimate of drug-likeness (QED) is 0.761. The molecule has 1 aromatic carbocycles. The summed E-state index contributed by atoms with van der Waals surface area (Å²) in [7, 11) is -3.68. The maximum atomic E-state index is 11.2. The van der Waals surface area contributed by atoms with E-state index in [1.165, 1.54) is 12.1 Å². The Morgan fingerprint density at radius 1 is 1.44 bits per heavy atom. The third kappa shape index (κ3) is 2.36. The van der Waals surface area contributed by atoms with Crippen molar-refractivity contribution in [2.75, 3.05) is 5.32 Å². The minimum atomic E-state index is -3.68. The van der Waals surface area contributed by atoms with Crippen LogP contribution in [0, 0.1) is 5.41 Å². The zero-order valence-electron chi connectivity index (χ0n) is 10.4. The molecule has 0 saturated heterocycles. The first kappa shape index (κ1) is 13.3. The fourth-order valence-electron chi connectivity index (χ4n) is 2.11. The van der Waals surface area contributed by atoms with Crippen LogP contribution in [0.4, 0.5) is 5.69 Å². The van der Waals surface area contributed by atoms with Gasteiger partial charge in [-0.1, -0.05) is 19.9 Å². The van der Waals surface area contributed by atoms with Gasteiger partial charge in [-0.05, 0) is 24.6 Å². The van der Waals surface area contributed by atoms with Gasteiger partial charge < -0.3 is 10.4 Å². The summed E-state index contributed by atoms with van der Waals surface area (Å²) >= 11 is 0. The zero-order valence-corrected chi connectivity index (χ0v) is 11.2. The molecule has 4 N–H and O–H groups in total. The van der Waals surface area contributed by atoms with Crippen molar-refractivity contribution in [3.8, 4) is 0 Å². The van der Waals surface area contributed by atoms with Crippen LogP contribution in [-0.2, 0) is 10.0 Å². The van der Waals surface area contributed by atoms with Gasteiger partial charge in [-0.2, -0.15) is 0 Å². The highest BCUT2D eigenvalue weighted by atomic mass is 32.2. The Morgan fingerprint density at radius 2 is 2.11 bits per heavy atom. The van der Waals surface area contributed by atoms with E-state index >= 15 is 0 Å². The number of sulfonamides is 1. The van der Waals surface area contributed by atoms with Crippen LogP contribution in [0.3, 0.4) is 0 Å². The smallest absolute Gasteiger partial charge is 0.238 e. The number of anilines is 1. The van der Waals surface area contributed by atoms with Gasteiger partial charge in [0.1, 0.15) is 0 Å². The normalized spacial score (nSPS) is 26.4. The van der Waals surface area contributed by atoms with E-state index in [4.69, 9.17) is 5.14 Å². The molecule has 100 valence electrons. The monoisotopic (exact) mass is 270 g/mol. The van der Waals surface area contributed by atoms with Gasteiger partial charge in [-0.25, -0.2) is 13.6 Å². The first-order valence-corrected chi connectivity index (χ1v) is 7.33. The van der Waals surface area contributed by atoms with Crippen LogP contribution in [0.25, 0.3) is 0 Å². The lowest BCUT2D eigenvalue weighted by Gasteiger charge is -2.49. The Labute approximate surface area is 107 Å². The van der Waals surface area contributed by atoms with Crippen LogP contribution in [0.5, 0.6) is 0 Å². The highest BCUT2D eigenvalue weighted by Gasteiger charge is 2.47. The van der Waals surface area contributed by atoms with Crippen molar-refractivity contribution in [1.29, 1.82) is 0 Å². The second kappa shape index (κ2) is 4.22.